The number of nitrogens with zero attached hydrogens (tertiary/aromatic N) is 1. The predicted molar refractivity (Wildman–Crippen MR) is 113 cm³/mol. The van der Waals surface area contributed by atoms with Crippen molar-refractivity contribution in [1.82, 2.24) is 4.90 Å². The number of amides is 1. The molecule has 1 aliphatic carbocycles. The van der Waals surface area contributed by atoms with Crippen LogP contribution in [0.3, 0.4) is 0 Å². The smallest absolute Gasteiger partial charge is 0.410 e. The van der Waals surface area contributed by atoms with E-state index in [2.05, 4.69) is 29.6 Å². The number of hydrogen-bond acceptors (Lipinski definition) is 4. The first-order valence-corrected chi connectivity index (χ1v) is 10.8. The van der Waals surface area contributed by atoms with Crippen molar-refractivity contribution < 1.29 is 14.6 Å². The molecule has 0 bridgehead atoms. The van der Waals surface area contributed by atoms with Gasteiger partial charge in [0.1, 0.15) is 5.60 Å². The van der Waals surface area contributed by atoms with E-state index >= 15 is 0 Å². The van der Waals surface area contributed by atoms with Gasteiger partial charge in [-0.15, -0.1) is 0 Å². The Hall–Kier alpha value is -1.75. The highest BCUT2D eigenvalue weighted by atomic mass is 16.6. The van der Waals surface area contributed by atoms with E-state index in [1.54, 1.807) is 0 Å². The maximum atomic E-state index is 12.4. The van der Waals surface area contributed by atoms with Crippen LogP contribution in [0.1, 0.15) is 77.2 Å². The van der Waals surface area contributed by atoms with Gasteiger partial charge < -0.3 is 20.1 Å². The zero-order chi connectivity index (χ0) is 20.2. The maximum absolute atomic E-state index is 12.4. The van der Waals surface area contributed by atoms with Gasteiger partial charge in [-0.2, -0.15) is 0 Å². The van der Waals surface area contributed by atoms with Gasteiger partial charge >= 0.3 is 6.09 Å². The Morgan fingerprint density at radius 3 is 2.50 bits per heavy atom. The summed E-state index contributed by atoms with van der Waals surface area (Å²) in [5.41, 5.74) is 2.19. The van der Waals surface area contributed by atoms with Crippen LogP contribution in [-0.4, -0.2) is 46.9 Å². The van der Waals surface area contributed by atoms with Crippen LogP contribution in [0, 0.1) is 0 Å². The van der Waals surface area contributed by atoms with Crippen molar-refractivity contribution in [3.63, 3.8) is 0 Å². The van der Waals surface area contributed by atoms with E-state index in [4.69, 9.17) is 4.74 Å². The van der Waals surface area contributed by atoms with Crippen LogP contribution in [0.15, 0.2) is 24.3 Å². The highest BCUT2D eigenvalue weighted by Gasteiger charge is 2.38. The standard InChI is InChI=1S/C23H36N2O3/c1-22(2,3)28-21(27)25-15-13-23(14-16-25,12-6-7-17-26)24-20-9-5-4-8-19(20)18-10-11-18/h4-5,8-9,18,24,26H,6-7,10-17H2,1-3H3. The van der Waals surface area contributed by atoms with Crippen LogP contribution >= 0.6 is 0 Å². The molecular formula is C23H36N2O3. The third kappa shape index (κ3) is 5.63. The molecule has 3 rings (SSSR count). The molecule has 5 nitrogen and oxygen atoms in total. The lowest BCUT2D eigenvalue weighted by Gasteiger charge is -2.43. The number of carbonyl (C=O) groups is 1. The van der Waals surface area contributed by atoms with Gasteiger partial charge in [0.15, 0.2) is 0 Å². The van der Waals surface area contributed by atoms with Gasteiger partial charge in [0.25, 0.3) is 0 Å². The fourth-order valence-electron chi connectivity index (χ4n) is 4.10. The molecule has 1 aromatic rings. The molecule has 2 N–H and O–H groups in total. The van der Waals surface area contributed by atoms with Crippen molar-refractivity contribution in [2.24, 2.45) is 0 Å². The number of aliphatic hydroxyl groups is 1. The topological polar surface area (TPSA) is 61.8 Å². The second kappa shape index (κ2) is 8.73. The first-order chi connectivity index (χ1) is 13.3. The third-order valence-electron chi connectivity index (χ3n) is 5.81. The van der Waals surface area contributed by atoms with Gasteiger partial charge in [0.2, 0.25) is 0 Å². The lowest BCUT2D eigenvalue weighted by atomic mass is 9.82. The van der Waals surface area contributed by atoms with E-state index in [9.17, 15) is 9.90 Å². The molecule has 2 fully saturated rings. The maximum Gasteiger partial charge on any atom is 0.410 e. The number of nitrogens with one attached hydrogen (secondary N) is 1. The van der Waals surface area contributed by atoms with Crippen LogP contribution in [0.25, 0.3) is 0 Å². The summed E-state index contributed by atoms with van der Waals surface area (Å²) in [6.07, 6.45) is 6.97. The number of anilines is 1. The quantitative estimate of drug-likeness (QED) is 0.652. The molecule has 1 heterocycles. The molecule has 0 radical (unpaired) electrons. The molecule has 156 valence electrons. The zero-order valence-corrected chi connectivity index (χ0v) is 17.7. The largest absolute Gasteiger partial charge is 0.444 e. The number of benzene rings is 1. The van der Waals surface area contributed by atoms with Crippen LogP contribution in [-0.2, 0) is 4.74 Å². The predicted octanol–water partition coefficient (Wildman–Crippen LogP) is 4.91. The van der Waals surface area contributed by atoms with Crippen molar-refractivity contribution in [2.45, 2.75) is 82.8 Å². The molecule has 0 aromatic heterocycles. The first-order valence-electron chi connectivity index (χ1n) is 10.8. The normalized spacial score (nSPS) is 19.4. The Labute approximate surface area is 169 Å². The second-order valence-electron chi connectivity index (χ2n) is 9.41. The summed E-state index contributed by atoms with van der Waals surface area (Å²) in [7, 11) is 0. The Bertz CT molecular complexity index is 656. The van der Waals surface area contributed by atoms with Crippen LogP contribution in [0.2, 0.25) is 0 Å². The second-order valence-corrected chi connectivity index (χ2v) is 9.41. The molecule has 28 heavy (non-hydrogen) atoms. The Morgan fingerprint density at radius 2 is 1.89 bits per heavy atom. The van der Waals surface area contributed by atoms with Gasteiger partial charge in [-0.1, -0.05) is 18.2 Å². The lowest BCUT2D eigenvalue weighted by molar-refractivity contribution is 0.0173. The molecule has 2 aliphatic rings. The molecule has 1 aromatic carbocycles. The highest BCUT2D eigenvalue weighted by molar-refractivity contribution is 5.68. The summed E-state index contributed by atoms with van der Waals surface area (Å²) >= 11 is 0. The molecule has 1 aliphatic heterocycles. The summed E-state index contributed by atoms with van der Waals surface area (Å²) in [5.74, 6) is 0.694. The number of unbranched alkanes of at least 4 members (excludes halogenated alkanes) is 1. The van der Waals surface area contributed by atoms with Crippen LogP contribution in [0.5, 0.6) is 0 Å². The van der Waals surface area contributed by atoms with Gasteiger partial charge in [0.05, 0.1) is 0 Å². The van der Waals surface area contributed by atoms with Gasteiger partial charge in [-0.05, 0) is 83.3 Å². The Balaban J connectivity index is 1.69. The van der Waals surface area contributed by atoms with Crippen molar-refractivity contribution >= 4 is 11.8 Å². The van der Waals surface area contributed by atoms with E-state index < -0.39 is 5.60 Å². The number of hydrogen-bond donors (Lipinski definition) is 2. The molecule has 0 unspecified atom stereocenters. The number of ether oxygens (including phenoxy) is 1. The van der Waals surface area contributed by atoms with E-state index in [-0.39, 0.29) is 18.2 Å². The summed E-state index contributed by atoms with van der Waals surface area (Å²) in [6.45, 7) is 7.36. The van der Waals surface area contributed by atoms with Gasteiger partial charge in [0, 0.05) is 30.9 Å². The SMILES string of the molecule is CC(C)(C)OC(=O)N1CCC(CCCCO)(Nc2ccccc2C2CC2)CC1. The molecular weight excluding hydrogens is 352 g/mol. The summed E-state index contributed by atoms with van der Waals surface area (Å²) in [5, 5.41) is 13.1. The number of para-hydroxylation sites is 1. The molecule has 1 saturated heterocycles. The van der Waals surface area contributed by atoms with Crippen molar-refractivity contribution in [2.75, 3.05) is 25.0 Å². The number of rotatable bonds is 7. The zero-order valence-electron chi connectivity index (χ0n) is 17.7. The number of aliphatic hydroxyl groups excluding tert-OH is 1. The number of carbonyl (C=O) groups excluding carboxylic acids is 1. The minimum absolute atomic E-state index is 0.0291. The lowest BCUT2D eigenvalue weighted by Crippen LogP contribution is -2.51. The minimum atomic E-state index is -0.464. The Morgan fingerprint density at radius 1 is 1.21 bits per heavy atom. The van der Waals surface area contributed by atoms with E-state index in [0.717, 1.165) is 32.1 Å². The van der Waals surface area contributed by atoms with E-state index in [1.807, 2.05) is 25.7 Å². The summed E-state index contributed by atoms with van der Waals surface area (Å²) in [6, 6.07) is 8.67. The number of likely N-dealkylation sites (tertiary alicyclic amines) is 1. The van der Waals surface area contributed by atoms with Crippen LogP contribution < -0.4 is 5.32 Å². The minimum Gasteiger partial charge on any atom is -0.444 e. The Kier molecular flexibility index (Phi) is 6.54. The average Bonchev–Trinajstić information content (AvgIpc) is 3.47. The van der Waals surface area contributed by atoms with Gasteiger partial charge in [-0.3, -0.25) is 0 Å². The summed E-state index contributed by atoms with van der Waals surface area (Å²) < 4.78 is 5.55. The van der Waals surface area contributed by atoms with Crippen molar-refractivity contribution in [3.05, 3.63) is 29.8 Å². The molecule has 0 atom stereocenters. The highest BCUT2D eigenvalue weighted by Crippen LogP contribution is 2.44. The summed E-state index contributed by atoms with van der Waals surface area (Å²) in [4.78, 5) is 14.3. The monoisotopic (exact) mass is 388 g/mol. The van der Waals surface area contributed by atoms with Crippen LogP contribution in [0.4, 0.5) is 10.5 Å². The molecule has 1 amide bonds. The fourth-order valence-corrected chi connectivity index (χ4v) is 4.10. The molecule has 5 heteroatoms. The third-order valence-corrected chi connectivity index (χ3v) is 5.81. The first kappa shape index (κ1) is 21.0. The average molecular weight is 389 g/mol. The number of piperidine rings is 1. The molecule has 1 saturated carbocycles. The molecule has 0 spiro atoms. The van der Waals surface area contributed by atoms with E-state index in [0.29, 0.717) is 19.0 Å². The van der Waals surface area contributed by atoms with Crippen molar-refractivity contribution in [3.8, 4) is 0 Å². The van der Waals surface area contributed by atoms with Gasteiger partial charge in [-0.25, -0.2) is 4.79 Å². The van der Waals surface area contributed by atoms with E-state index in [1.165, 1.54) is 24.1 Å². The van der Waals surface area contributed by atoms with Crippen molar-refractivity contribution in [1.29, 1.82) is 0 Å². The fraction of sp³-hybridized carbons (Fsp3) is 0.696.